The van der Waals surface area contributed by atoms with Crippen LogP contribution in [-0.2, 0) is 13.1 Å². The quantitative estimate of drug-likeness (QED) is 0.455. The largest absolute Gasteiger partial charge is 0.352 e. The molecular weight excluding hydrogens is 388 g/mol. The van der Waals surface area contributed by atoms with E-state index in [1.807, 2.05) is 74.5 Å². The minimum Gasteiger partial charge on any atom is -0.272 e. The summed E-state index contributed by atoms with van der Waals surface area (Å²) in [6.45, 7) is 4.73. The van der Waals surface area contributed by atoms with E-state index in [1.54, 1.807) is 21.1 Å². The standard InChI is InChI=1S/C25H22N4O2/c1-17-11-13-19(14-12-17)15-27-23(30)21-9-5-6-10-22(21)29-24(27)26-28(25(29)31)16-20-8-4-3-7-18(20)2/h3-14H,15-16H2,1-2H3. The average Bonchev–Trinajstić information content (AvgIpc) is 3.10. The molecule has 0 atom stereocenters. The molecule has 3 aromatic carbocycles. The number of benzene rings is 3. The maximum Gasteiger partial charge on any atom is 0.352 e. The van der Waals surface area contributed by atoms with E-state index < -0.39 is 0 Å². The topological polar surface area (TPSA) is 61.3 Å². The zero-order valence-corrected chi connectivity index (χ0v) is 17.4. The molecule has 0 aliphatic rings. The molecule has 0 aliphatic heterocycles. The summed E-state index contributed by atoms with van der Waals surface area (Å²) in [5.41, 5.74) is 4.40. The Kier molecular flexibility index (Phi) is 4.55. The third-order valence-electron chi connectivity index (χ3n) is 5.73. The second-order valence-electron chi connectivity index (χ2n) is 7.90. The smallest absolute Gasteiger partial charge is 0.272 e. The number of rotatable bonds is 4. The van der Waals surface area contributed by atoms with Gasteiger partial charge in [-0.05, 0) is 42.7 Å². The SMILES string of the molecule is Cc1ccc(Cn2c(=O)c3ccccc3n3c(=O)n(Cc4ccccc4C)nc23)cc1. The molecule has 0 spiro atoms. The van der Waals surface area contributed by atoms with Gasteiger partial charge in [0.05, 0.1) is 24.0 Å². The summed E-state index contributed by atoms with van der Waals surface area (Å²) < 4.78 is 4.57. The lowest BCUT2D eigenvalue weighted by Gasteiger charge is -2.10. The van der Waals surface area contributed by atoms with E-state index in [2.05, 4.69) is 5.10 Å². The number of aromatic nitrogens is 4. The van der Waals surface area contributed by atoms with Crippen molar-refractivity contribution in [3.63, 3.8) is 0 Å². The highest BCUT2D eigenvalue weighted by Crippen LogP contribution is 2.14. The van der Waals surface area contributed by atoms with Crippen LogP contribution >= 0.6 is 0 Å². The van der Waals surface area contributed by atoms with Gasteiger partial charge in [0.1, 0.15) is 0 Å². The molecule has 0 saturated heterocycles. The Morgan fingerprint density at radius 1 is 0.806 bits per heavy atom. The molecule has 5 aromatic rings. The highest BCUT2D eigenvalue weighted by molar-refractivity contribution is 5.80. The molecule has 0 radical (unpaired) electrons. The Bertz CT molecular complexity index is 1540. The summed E-state index contributed by atoms with van der Waals surface area (Å²) in [5, 5.41) is 5.10. The van der Waals surface area contributed by atoms with Crippen molar-refractivity contribution in [1.82, 2.24) is 18.7 Å². The van der Waals surface area contributed by atoms with Gasteiger partial charge in [-0.2, -0.15) is 0 Å². The van der Waals surface area contributed by atoms with Crippen LogP contribution in [-0.4, -0.2) is 18.7 Å². The minimum atomic E-state index is -0.257. The van der Waals surface area contributed by atoms with Gasteiger partial charge in [-0.3, -0.25) is 9.36 Å². The zero-order valence-electron chi connectivity index (χ0n) is 17.4. The van der Waals surface area contributed by atoms with Gasteiger partial charge in [-0.25, -0.2) is 13.9 Å². The van der Waals surface area contributed by atoms with Crippen LogP contribution in [0.4, 0.5) is 0 Å². The van der Waals surface area contributed by atoms with Crippen molar-refractivity contribution in [2.45, 2.75) is 26.9 Å². The molecule has 6 heteroatoms. The van der Waals surface area contributed by atoms with Crippen LogP contribution in [0.25, 0.3) is 16.7 Å². The number of hydrogen-bond acceptors (Lipinski definition) is 3. The van der Waals surface area contributed by atoms with E-state index in [4.69, 9.17) is 0 Å². The second-order valence-corrected chi connectivity index (χ2v) is 7.90. The molecule has 0 unspecified atom stereocenters. The van der Waals surface area contributed by atoms with Crippen molar-refractivity contribution < 1.29 is 0 Å². The van der Waals surface area contributed by atoms with Crippen LogP contribution in [0, 0.1) is 13.8 Å². The molecule has 0 bridgehead atoms. The maximum atomic E-state index is 13.4. The Morgan fingerprint density at radius 3 is 2.29 bits per heavy atom. The number of fused-ring (bicyclic) bond motifs is 3. The van der Waals surface area contributed by atoms with Crippen LogP contribution in [0.5, 0.6) is 0 Å². The van der Waals surface area contributed by atoms with Gasteiger partial charge >= 0.3 is 5.69 Å². The van der Waals surface area contributed by atoms with Crippen molar-refractivity contribution in [1.29, 1.82) is 0 Å². The zero-order chi connectivity index (χ0) is 21.5. The number of hydrogen-bond donors (Lipinski definition) is 0. The average molecular weight is 410 g/mol. The van der Waals surface area contributed by atoms with E-state index in [0.29, 0.717) is 29.8 Å². The Balaban J connectivity index is 1.76. The van der Waals surface area contributed by atoms with Gasteiger partial charge in [0.25, 0.3) is 5.56 Å². The first kappa shape index (κ1) is 19.1. The van der Waals surface area contributed by atoms with E-state index in [9.17, 15) is 9.59 Å². The van der Waals surface area contributed by atoms with Crippen LogP contribution in [0.15, 0.2) is 82.4 Å². The van der Waals surface area contributed by atoms with E-state index >= 15 is 0 Å². The molecule has 31 heavy (non-hydrogen) atoms. The van der Waals surface area contributed by atoms with Crippen LogP contribution in [0.2, 0.25) is 0 Å². The monoisotopic (exact) mass is 410 g/mol. The Hall–Kier alpha value is -3.93. The van der Waals surface area contributed by atoms with E-state index in [0.717, 1.165) is 22.3 Å². The molecule has 0 N–H and O–H groups in total. The molecule has 0 aliphatic carbocycles. The summed E-state index contributed by atoms with van der Waals surface area (Å²) in [6, 6.07) is 23.1. The highest BCUT2D eigenvalue weighted by atomic mass is 16.2. The molecule has 6 nitrogen and oxygen atoms in total. The lowest BCUT2D eigenvalue weighted by atomic mass is 10.1. The van der Waals surface area contributed by atoms with Crippen molar-refractivity contribution in [3.8, 4) is 0 Å². The molecule has 2 aromatic heterocycles. The van der Waals surface area contributed by atoms with Gasteiger partial charge in [-0.15, -0.1) is 5.10 Å². The van der Waals surface area contributed by atoms with Crippen molar-refractivity contribution >= 4 is 16.7 Å². The number of nitrogens with zero attached hydrogens (tertiary/aromatic N) is 4. The maximum absolute atomic E-state index is 13.4. The minimum absolute atomic E-state index is 0.156. The lowest BCUT2D eigenvalue weighted by Crippen LogP contribution is -2.27. The van der Waals surface area contributed by atoms with Crippen LogP contribution in [0.1, 0.15) is 22.3 Å². The summed E-state index contributed by atoms with van der Waals surface area (Å²) in [6.07, 6.45) is 0. The second kappa shape index (κ2) is 7.40. The summed E-state index contributed by atoms with van der Waals surface area (Å²) >= 11 is 0. The normalized spacial score (nSPS) is 11.4. The first-order valence-electron chi connectivity index (χ1n) is 10.2. The van der Waals surface area contributed by atoms with Gasteiger partial charge in [-0.1, -0.05) is 66.2 Å². The summed E-state index contributed by atoms with van der Waals surface area (Å²) in [5.74, 6) is 0.350. The fraction of sp³-hybridized carbons (Fsp3) is 0.160. The molecular formula is C25H22N4O2. The number of aryl methyl sites for hydroxylation is 2. The van der Waals surface area contributed by atoms with Crippen LogP contribution < -0.4 is 11.2 Å². The van der Waals surface area contributed by atoms with Gasteiger partial charge in [0, 0.05) is 0 Å². The molecule has 0 saturated carbocycles. The third kappa shape index (κ3) is 3.26. The van der Waals surface area contributed by atoms with Crippen LogP contribution in [0.3, 0.4) is 0 Å². The predicted molar refractivity (Wildman–Crippen MR) is 122 cm³/mol. The molecule has 2 heterocycles. The van der Waals surface area contributed by atoms with Crippen molar-refractivity contribution in [3.05, 3.63) is 116 Å². The Labute approximate surface area is 178 Å². The Morgan fingerprint density at radius 2 is 1.52 bits per heavy atom. The van der Waals surface area contributed by atoms with Gasteiger partial charge in [0.15, 0.2) is 0 Å². The number of para-hydroxylation sites is 1. The fourth-order valence-electron chi connectivity index (χ4n) is 3.94. The lowest BCUT2D eigenvalue weighted by molar-refractivity contribution is 0.652. The molecule has 0 fully saturated rings. The fourth-order valence-corrected chi connectivity index (χ4v) is 3.94. The molecule has 154 valence electrons. The molecule has 5 rings (SSSR count). The van der Waals surface area contributed by atoms with E-state index in [-0.39, 0.29) is 11.2 Å². The summed E-state index contributed by atoms with van der Waals surface area (Å²) in [7, 11) is 0. The van der Waals surface area contributed by atoms with Gasteiger partial charge < -0.3 is 0 Å². The molecule has 0 amide bonds. The third-order valence-corrected chi connectivity index (χ3v) is 5.73. The van der Waals surface area contributed by atoms with Gasteiger partial charge in [0.2, 0.25) is 5.78 Å². The first-order valence-corrected chi connectivity index (χ1v) is 10.2. The highest BCUT2D eigenvalue weighted by Gasteiger charge is 2.18. The van der Waals surface area contributed by atoms with Crippen molar-refractivity contribution in [2.24, 2.45) is 0 Å². The van der Waals surface area contributed by atoms with E-state index in [1.165, 1.54) is 4.68 Å². The predicted octanol–water partition coefficient (Wildman–Crippen LogP) is 3.52. The first-order chi connectivity index (χ1) is 15.0. The van der Waals surface area contributed by atoms with Crippen molar-refractivity contribution in [2.75, 3.05) is 0 Å². The summed E-state index contributed by atoms with van der Waals surface area (Å²) in [4.78, 5) is 26.7.